The Hall–Kier alpha value is -1.27. The van der Waals surface area contributed by atoms with Crippen molar-refractivity contribution in [2.45, 2.75) is 44.9 Å². The zero-order chi connectivity index (χ0) is 14.8. The van der Waals surface area contributed by atoms with E-state index in [1.165, 1.54) is 22.3 Å². The highest BCUT2D eigenvalue weighted by Crippen LogP contribution is 2.28. The molecule has 0 bridgehead atoms. The van der Waals surface area contributed by atoms with Gasteiger partial charge in [0.1, 0.15) is 0 Å². The van der Waals surface area contributed by atoms with E-state index in [0.29, 0.717) is 0 Å². The first-order valence-corrected chi connectivity index (χ1v) is 7.60. The van der Waals surface area contributed by atoms with Crippen molar-refractivity contribution in [2.24, 2.45) is 0 Å². The van der Waals surface area contributed by atoms with E-state index in [0.717, 1.165) is 6.42 Å². The fourth-order valence-corrected chi connectivity index (χ4v) is 2.56. The van der Waals surface area contributed by atoms with Crippen LogP contribution in [0.25, 0.3) is 0 Å². The summed E-state index contributed by atoms with van der Waals surface area (Å²) in [6, 6.07) is 17.3. The van der Waals surface area contributed by atoms with Crippen LogP contribution < -0.4 is 0 Å². The minimum absolute atomic E-state index is 0.0340. The van der Waals surface area contributed by atoms with Gasteiger partial charge in [0.15, 0.2) is 0 Å². The second-order valence-corrected chi connectivity index (χ2v) is 7.06. The Morgan fingerprint density at radius 1 is 0.900 bits per heavy atom. The molecule has 106 valence electrons. The summed E-state index contributed by atoms with van der Waals surface area (Å²) in [6.07, 6.45) is 0.872. The molecule has 0 aliphatic carbocycles. The fraction of sp³-hybridized carbons (Fsp3) is 0.368. The molecule has 2 rings (SSSR count). The third kappa shape index (κ3) is 3.86. The van der Waals surface area contributed by atoms with Crippen molar-refractivity contribution in [1.82, 2.24) is 0 Å². The molecular formula is C19H23Cl. The van der Waals surface area contributed by atoms with Gasteiger partial charge in [0, 0.05) is 0 Å². The molecule has 1 unspecified atom stereocenters. The second-order valence-electron chi connectivity index (χ2n) is 6.53. The van der Waals surface area contributed by atoms with Crippen LogP contribution in [0, 0.1) is 6.92 Å². The summed E-state index contributed by atoms with van der Waals surface area (Å²) < 4.78 is 0. The lowest BCUT2D eigenvalue weighted by Gasteiger charge is -2.20. The fourth-order valence-electron chi connectivity index (χ4n) is 2.24. The Morgan fingerprint density at radius 3 is 1.95 bits per heavy atom. The van der Waals surface area contributed by atoms with Crippen molar-refractivity contribution in [3.63, 3.8) is 0 Å². The minimum Gasteiger partial charge on any atom is -0.117 e. The molecule has 2 aromatic rings. The second kappa shape index (κ2) is 6.01. The molecule has 1 heteroatoms. The first-order valence-electron chi connectivity index (χ1n) is 7.16. The summed E-state index contributed by atoms with van der Waals surface area (Å²) in [5.74, 6) is 0. The normalized spacial score (nSPS) is 13.2. The third-order valence-electron chi connectivity index (χ3n) is 3.67. The zero-order valence-corrected chi connectivity index (χ0v) is 13.5. The molecule has 2 aromatic carbocycles. The molecule has 0 saturated heterocycles. The summed E-state index contributed by atoms with van der Waals surface area (Å²) in [6.45, 7) is 8.79. The topological polar surface area (TPSA) is 0 Å². The van der Waals surface area contributed by atoms with Gasteiger partial charge in [-0.2, -0.15) is 0 Å². The number of halogens is 1. The number of benzene rings is 2. The molecular weight excluding hydrogens is 264 g/mol. The minimum atomic E-state index is 0.0340. The van der Waals surface area contributed by atoms with E-state index in [9.17, 15) is 0 Å². The molecule has 0 spiro atoms. The number of aryl methyl sites for hydroxylation is 1. The third-order valence-corrected chi connectivity index (χ3v) is 4.08. The summed E-state index contributed by atoms with van der Waals surface area (Å²) in [5, 5.41) is 0.0340. The van der Waals surface area contributed by atoms with Crippen LogP contribution in [0.2, 0.25) is 0 Å². The highest BCUT2D eigenvalue weighted by Gasteiger charge is 2.14. The van der Waals surface area contributed by atoms with Gasteiger partial charge < -0.3 is 0 Å². The Balaban J connectivity index is 2.09. The monoisotopic (exact) mass is 286 g/mol. The standard InChI is InChI=1S/C19H23Cl/c1-14-5-7-15(8-6-14)13-18(20)16-9-11-17(12-10-16)19(2,3)4/h5-12,18H,13H2,1-4H3. The molecule has 0 radical (unpaired) electrons. The van der Waals surface area contributed by atoms with Crippen LogP contribution in [0.1, 0.15) is 48.4 Å². The van der Waals surface area contributed by atoms with E-state index in [2.05, 4.69) is 76.2 Å². The van der Waals surface area contributed by atoms with Gasteiger partial charge in [-0.15, -0.1) is 11.6 Å². The molecule has 0 fully saturated rings. The molecule has 0 aliphatic heterocycles. The predicted molar refractivity (Wildman–Crippen MR) is 88.6 cm³/mol. The van der Waals surface area contributed by atoms with Crippen LogP contribution in [0.3, 0.4) is 0 Å². The summed E-state index contributed by atoms with van der Waals surface area (Å²) in [7, 11) is 0. The van der Waals surface area contributed by atoms with Gasteiger partial charge >= 0.3 is 0 Å². The smallest absolute Gasteiger partial charge is 0.0625 e. The van der Waals surface area contributed by atoms with E-state index in [1.54, 1.807) is 0 Å². The Kier molecular flexibility index (Phi) is 4.55. The van der Waals surface area contributed by atoms with E-state index >= 15 is 0 Å². The van der Waals surface area contributed by atoms with E-state index < -0.39 is 0 Å². The van der Waals surface area contributed by atoms with Gasteiger partial charge in [-0.1, -0.05) is 74.9 Å². The maximum absolute atomic E-state index is 6.55. The van der Waals surface area contributed by atoms with Crippen LogP contribution in [0.5, 0.6) is 0 Å². The number of rotatable bonds is 3. The summed E-state index contributed by atoms with van der Waals surface area (Å²) >= 11 is 6.55. The van der Waals surface area contributed by atoms with Crippen molar-refractivity contribution in [3.8, 4) is 0 Å². The van der Waals surface area contributed by atoms with Gasteiger partial charge in [-0.25, -0.2) is 0 Å². The molecule has 0 aliphatic rings. The SMILES string of the molecule is Cc1ccc(CC(Cl)c2ccc(C(C)(C)C)cc2)cc1. The predicted octanol–water partition coefficient (Wildman–Crippen LogP) is 5.82. The molecule has 1 atom stereocenters. The first-order chi connectivity index (χ1) is 9.36. The average Bonchev–Trinajstić information content (AvgIpc) is 2.40. The lowest BCUT2D eigenvalue weighted by atomic mass is 9.86. The van der Waals surface area contributed by atoms with Crippen LogP contribution in [-0.4, -0.2) is 0 Å². The van der Waals surface area contributed by atoms with E-state index in [-0.39, 0.29) is 10.8 Å². The van der Waals surface area contributed by atoms with Crippen molar-refractivity contribution in [3.05, 3.63) is 70.8 Å². The highest BCUT2D eigenvalue weighted by atomic mass is 35.5. The van der Waals surface area contributed by atoms with Crippen LogP contribution in [0.15, 0.2) is 48.5 Å². The van der Waals surface area contributed by atoms with Crippen molar-refractivity contribution in [1.29, 1.82) is 0 Å². The zero-order valence-electron chi connectivity index (χ0n) is 12.8. The van der Waals surface area contributed by atoms with Gasteiger partial charge in [0.05, 0.1) is 5.38 Å². The van der Waals surface area contributed by atoms with E-state index in [1.807, 2.05) is 0 Å². The van der Waals surface area contributed by atoms with Gasteiger partial charge in [-0.3, -0.25) is 0 Å². The van der Waals surface area contributed by atoms with Crippen LogP contribution in [-0.2, 0) is 11.8 Å². The maximum atomic E-state index is 6.55. The lowest BCUT2D eigenvalue weighted by molar-refractivity contribution is 0.590. The Labute approximate surface area is 127 Å². The van der Waals surface area contributed by atoms with Gasteiger partial charge in [-0.05, 0) is 35.4 Å². The maximum Gasteiger partial charge on any atom is 0.0625 e. The molecule has 0 amide bonds. The Bertz CT molecular complexity index is 544. The summed E-state index contributed by atoms with van der Waals surface area (Å²) in [4.78, 5) is 0. The first kappa shape index (κ1) is 15.1. The van der Waals surface area contributed by atoms with Crippen LogP contribution in [0.4, 0.5) is 0 Å². The Morgan fingerprint density at radius 2 is 1.45 bits per heavy atom. The van der Waals surface area contributed by atoms with Crippen molar-refractivity contribution >= 4 is 11.6 Å². The molecule has 0 saturated carbocycles. The largest absolute Gasteiger partial charge is 0.117 e. The van der Waals surface area contributed by atoms with E-state index in [4.69, 9.17) is 11.6 Å². The molecule has 0 N–H and O–H groups in total. The van der Waals surface area contributed by atoms with Crippen molar-refractivity contribution in [2.75, 3.05) is 0 Å². The summed E-state index contributed by atoms with van der Waals surface area (Å²) in [5.41, 5.74) is 5.31. The molecule has 0 nitrogen and oxygen atoms in total. The van der Waals surface area contributed by atoms with Gasteiger partial charge in [0.25, 0.3) is 0 Å². The molecule has 20 heavy (non-hydrogen) atoms. The lowest BCUT2D eigenvalue weighted by Crippen LogP contribution is -2.10. The van der Waals surface area contributed by atoms with Crippen LogP contribution >= 0.6 is 11.6 Å². The van der Waals surface area contributed by atoms with Crippen molar-refractivity contribution < 1.29 is 0 Å². The van der Waals surface area contributed by atoms with Gasteiger partial charge in [0.2, 0.25) is 0 Å². The quantitative estimate of drug-likeness (QED) is 0.624. The number of alkyl halides is 1. The number of hydrogen-bond acceptors (Lipinski definition) is 0. The highest BCUT2D eigenvalue weighted by molar-refractivity contribution is 6.20. The number of hydrogen-bond donors (Lipinski definition) is 0. The average molecular weight is 287 g/mol. The molecule has 0 heterocycles. The molecule has 0 aromatic heterocycles.